The number of allylic oxidation sites excluding steroid dienone is 1. The fourth-order valence-electron chi connectivity index (χ4n) is 3.41. The second kappa shape index (κ2) is 8.39. The van der Waals surface area contributed by atoms with Crippen LogP contribution in [0, 0.1) is 6.92 Å². The summed E-state index contributed by atoms with van der Waals surface area (Å²) >= 11 is 0. The van der Waals surface area contributed by atoms with Crippen LogP contribution in [0.15, 0.2) is 64.3 Å². The lowest BCUT2D eigenvalue weighted by Crippen LogP contribution is -2.35. The Balaban J connectivity index is 1.91. The third-order valence-electron chi connectivity index (χ3n) is 5.01. The summed E-state index contributed by atoms with van der Waals surface area (Å²) in [6.45, 7) is 8.19. The van der Waals surface area contributed by atoms with E-state index in [0.717, 1.165) is 28.0 Å². The summed E-state index contributed by atoms with van der Waals surface area (Å²) in [5.41, 5.74) is 2.61. The Morgan fingerprint density at radius 3 is 2.94 bits per heavy atom. The summed E-state index contributed by atoms with van der Waals surface area (Å²) in [6, 6.07) is 9.49. The smallest absolute Gasteiger partial charge is 0.258 e. The molecule has 4 rings (SSSR count). The molecule has 0 aromatic carbocycles. The molecule has 0 saturated carbocycles. The van der Waals surface area contributed by atoms with Crippen molar-refractivity contribution in [2.75, 3.05) is 12.4 Å². The van der Waals surface area contributed by atoms with Crippen molar-refractivity contribution in [3.05, 3.63) is 87.4 Å². The Hall–Kier alpha value is -4.00. The fourth-order valence-corrected chi connectivity index (χ4v) is 3.41. The van der Waals surface area contributed by atoms with Crippen LogP contribution in [0.25, 0.3) is 29.1 Å². The second-order valence-corrected chi connectivity index (χ2v) is 7.16. The molecule has 2 N–H and O–H groups in total. The van der Waals surface area contributed by atoms with E-state index in [1.165, 1.54) is 7.11 Å². The summed E-state index contributed by atoms with van der Waals surface area (Å²) in [5.74, 6) is 1.96. The van der Waals surface area contributed by atoms with E-state index in [1.54, 1.807) is 12.3 Å². The highest BCUT2D eigenvalue weighted by Crippen LogP contribution is 2.27. The standard InChI is InChI=1S/C24H24N4O3/c1-5-17-12-19(24(29)26-20(17)11-16(3)30-4)22-23(25-13-18-7-6-10-31-18)28-14-15(2)8-9-21(28)27-22/h5-12,14,25H,3,13H2,1-2,4H3,(H,26,29). The molecular weight excluding hydrogens is 392 g/mol. The number of imidazole rings is 1. The van der Waals surface area contributed by atoms with Crippen LogP contribution in [0.1, 0.15) is 18.2 Å². The van der Waals surface area contributed by atoms with Gasteiger partial charge >= 0.3 is 0 Å². The summed E-state index contributed by atoms with van der Waals surface area (Å²) in [6.07, 6.45) is 7.24. The van der Waals surface area contributed by atoms with Crippen molar-refractivity contribution in [3.63, 3.8) is 0 Å². The number of nitrogens with zero attached hydrogens (tertiary/aromatic N) is 2. The zero-order valence-corrected chi connectivity index (χ0v) is 17.7. The maximum Gasteiger partial charge on any atom is 0.258 e. The van der Waals surface area contributed by atoms with Crippen LogP contribution in [0.3, 0.4) is 0 Å². The van der Waals surface area contributed by atoms with Crippen LogP contribution in [-0.2, 0) is 11.3 Å². The summed E-state index contributed by atoms with van der Waals surface area (Å²) < 4.78 is 12.5. The molecule has 0 atom stereocenters. The van der Waals surface area contributed by atoms with Gasteiger partial charge in [0.1, 0.15) is 28.7 Å². The molecule has 0 aliphatic carbocycles. The van der Waals surface area contributed by atoms with Crippen LogP contribution < -0.4 is 21.4 Å². The van der Waals surface area contributed by atoms with Crippen molar-refractivity contribution < 1.29 is 9.15 Å². The Bertz CT molecular complexity index is 1430. The van der Waals surface area contributed by atoms with Crippen LogP contribution in [0.4, 0.5) is 5.82 Å². The van der Waals surface area contributed by atoms with Gasteiger partial charge in [0.25, 0.3) is 5.56 Å². The minimum atomic E-state index is -0.248. The molecule has 0 bridgehead atoms. The largest absolute Gasteiger partial charge is 0.497 e. The van der Waals surface area contributed by atoms with Gasteiger partial charge in [-0.3, -0.25) is 9.20 Å². The van der Waals surface area contributed by atoms with Gasteiger partial charge < -0.3 is 19.5 Å². The van der Waals surface area contributed by atoms with Crippen molar-refractivity contribution in [1.82, 2.24) is 14.4 Å². The molecule has 31 heavy (non-hydrogen) atoms. The van der Waals surface area contributed by atoms with Crippen molar-refractivity contribution in [1.29, 1.82) is 0 Å². The molecule has 4 aromatic rings. The first kappa shape index (κ1) is 20.3. The lowest BCUT2D eigenvalue weighted by Gasteiger charge is -2.08. The van der Waals surface area contributed by atoms with E-state index in [9.17, 15) is 4.79 Å². The Labute approximate surface area is 179 Å². The molecule has 0 amide bonds. The maximum absolute atomic E-state index is 13.1. The highest BCUT2D eigenvalue weighted by atomic mass is 16.5. The second-order valence-electron chi connectivity index (χ2n) is 7.16. The molecule has 0 fully saturated rings. The van der Waals surface area contributed by atoms with Crippen LogP contribution in [0.5, 0.6) is 0 Å². The average molecular weight is 416 g/mol. The summed E-state index contributed by atoms with van der Waals surface area (Å²) in [4.78, 5) is 20.7. The SMILES string of the molecule is C=C(C=c1[nH]c(=O)c(-c2nc3ccc(C)cn3c2NCc2ccco2)cc1=CC)OC. The van der Waals surface area contributed by atoms with Gasteiger partial charge in [-0.25, -0.2) is 4.98 Å². The minimum Gasteiger partial charge on any atom is -0.497 e. The number of rotatable bonds is 6. The molecule has 0 aliphatic heterocycles. The minimum absolute atomic E-state index is 0.248. The Morgan fingerprint density at radius 2 is 2.23 bits per heavy atom. The van der Waals surface area contributed by atoms with Gasteiger partial charge in [0, 0.05) is 12.3 Å². The van der Waals surface area contributed by atoms with Crippen LogP contribution >= 0.6 is 0 Å². The topological polar surface area (TPSA) is 84.6 Å². The third kappa shape index (κ3) is 4.02. The molecule has 0 spiro atoms. The van der Waals surface area contributed by atoms with Gasteiger partial charge in [-0.05, 0) is 48.9 Å². The summed E-state index contributed by atoms with van der Waals surface area (Å²) in [5, 5.41) is 4.86. The molecule has 0 radical (unpaired) electrons. The van der Waals surface area contributed by atoms with E-state index in [2.05, 4.69) is 16.9 Å². The van der Waals surface area contributed by atoms with E-state index < -0.39 is 0 Å². The molecule has 7 heteroatoms. The molecule has 4 heterocycles. The molecule has 7 nitrogen and oxygen atoms in total. The highest BCUT2D eigenvalue weighted by molar-refractivity contribution is 5.76. The number of ether oxygens (including phenoxy) is 1. The number of H-pyrrole nitrogens is 1. The number of hydrogen-bond acceptors (Lipinski definition) is 5. The van der Waals surface area contributed by atoms with Crippen molar-refractivity contribution in [3.8, 4) is 11.3 Å². The third-order valence-corrected chi connectivity index (χ3v) is 5.01. The van der Waals surface area contributed by atoms with Gasteiger partial charge in [0.05, 0.1) is 30.8 Å². The van der Waals surface area contributed by atoms with Crippen LogP contribution in [0.2, 0.25) is 0 Å². The summed E-state index contributed by atoms with van der Waals surface area (Å²) in [7, 11) is 1.54. The van der Waals surface area contributed by atoms with E-state index in [1.807, 2.05) is 60.9 Å². The number of aromatic amines is 1. The normalized spacial score (nSPS) is 12.5. The number of pyridine rings is 2. The first-order valence-electron chi connectivity index (χ1n) is 9.90. The molecule has 0 unspecified atom stereocenters. The highest BCUT2D eigenvalue weighted by Gasteiger charge is 2.17. The van der Waals surface area contributed by atoms with Crippen molar-refractivity contribution >= 4 is 23.6 Å². The first-order valence-corrected chi connectivity index (χ1v) is 9.90. The fraction of sp³-hybridized carbons (Fsp3) is 0.167. The Kier molecular flexibility index (Phi) is 5.49. The Morgan fingerprint density at radius 1 is 1.39 bits per heavy atom. The molecule has 0 saturated heterocycles. The predicted molar refractivity (Wildman–Crippen MR) is 122 cm³/mol. The zero-order chi connectivity index (χ0) is 22.0. The van der Waals surface area contributed by atoms with Crippen molar-refractivity contribution in [2.45, 2.75) is 20.4 Å². The van der Waals surface area contributed by atoms with Crippen LogP contribution in [-0.4, -0.2) is 21.5 Å². The van der Waals surface area contributed by atoms with E-state index >= 15 is 0 Å². The average Bonchev–Trinajstić information content (AvgIpc) is 3.40. The number of hydrogen-bond donors (Lipinski definition) is 2. The predicted octanol–water partition coefficient (Wildman–Crippen LogP) is 2.94. The van der Waals surface area contributed by atoms with Gasteiger partial charge in [0.2, 0.25) is 0 Å². The lowest BCUT2D eigenvalue weighted by atomic mass is 10.1. The first-order chi connectivity index (χ1) is 15.0. The number of aryl methyl sites for hydroxylation is 1. The molecule has 158 valence electrons. The van der Waals surface area contributed by atoms with Crippen molar-refractivity contribution in [2.24, 2.45) is 0 Å². The number of fused-ring (bicyclic) bond motifs is 1. The van der Waals surface area contributed by atoms with E-state index in [4.69, 9.17) is 14.1 Å². The maximum atomic E-state index is 13.1. The van der Waals surface area contributed by atoms with Gasteiger partial charge in [-0.1, -0.05) is 18.7 Å². The number of furan rings is 1. The van der Waals surface area contributed by atoms with Gasteiger partial charge in [-0.2, -0.15) is 0 Å². The van der Waals surface area contributed by atoms with E-state index in [-0.39, 0.29) is 5.56 Å². The molecule has 4 aromatic heterocycles. The van der Waals surface area contributed by atoms with E-state index in [0.29, 0.717) is 28.9 Å². The number of anilines is 1. The molecule has 0 aliphatic rings. The molecular formula is C24H24N4O3. The van der Waals surface area contributed by atoms with Gasteiger partial charge in [-0.15, -0.1) is 0 Å². The number of aromatic nitrogens is 3. The number of methoxy groups -OCH3 is 1. The van der Waals surface area contributed by atoms with Gasteiger partial charge in [0.15, 0.2) is 0 Å². The monoisotopic (exact) mass is 416 g/mol. The quantitative estimate of drug-likeness (QED) is 0.472. The lowest BCUT2D eigenvalue weighted by molar-refractivity contribution is 0.315. The zero-order valence-electron chi connectivity index (χ0n) is 17.7. The number of nitrogens with one attached hydrogen (secondary N) is 2.